The summed E-state index contributed by atoms with van der Waals surface area (Å²) in [4.78, 5) is 16.0. The summed E-state index contributed by atoms with van der Waals surface area (Å²) in [6.07, 6.45) is 4.09. The van der Waals surface area contributed by atoms with Crippen LogP contribution in [0.3, 0.4) is 0 Å². The molecule has 8 heteroatoms. The Morgan fingerprint density at radius 1 is 1.22 bits per heavy atom. The molecule has 1 aliphatic carbocycles. The molecule has 1 amide bonds. The van der Waals surface area contributed by atoms with Gasteiger partial charge in [-0.05, 0) is 38.3 Å². The first-order valence-electron chi connectivity index (χ1n) is 9.24. The number of carbonyl (C=O) groups is 1. The molecule has 0 heterocycles. The van der Waals surface area contributed by atoms with E-state index in [0.717, 1.165) is 31.5 Å². The van der Waals surface area contributed by atoms with E-state index >= 15 is 0 Å². The summed E-state index contributed by atoms with van der Waals surface area (Å²) >= 11 is 0. The van der Waals surface area contributed by atoms with E-state index < -0.39 is 0 Å². The van der Waals surface area contributed by atoms with Crippen molar-refractivity contribution in [1.29, 1.82) is 0 Å². The Bertz CT molecular complexity index is 621. The van der Waals surface area contributed by atoms with Gasteiger partial charge in [-0.25, -0.2) is 0 Å². The van der Waals surface area contributed by atoms with E-state index in [2.05, 4.69) is 20.9 Å². The molecule has 0 radical (unpaired) electrons. The molecule has 1 aromatic rings. The zero-order chi connectivity index (χ0) is 18.8. The predicted octanol–water partition coefficient (Wildman–Crippen LogP) is 3.01. The second kappa shape index (κ2) is 12.6. The highest BCUT2D eigenvalue weighted by molar-refractivity contribution is 14.0. The summed E-state index contributed by atoms with van der Waals surface area (Å²) in [6, 6.07) is 5.66. The molecule has 7 nitrogen and oxygen atoms in total. The molecule has 0 aliphatic heterocycles. The zero-order valence-electron chi connectivity index (χ0n) is 16.3. The minimum Gasteiger partial charge on any atom is -0.493 e. The van der Waals surface area contributed by atoms with Gasteiger partial charge in [0.05, 0.1) is 13.7 Å². The molecule has 0 atom stereocenters. The molecule has 1 aliphatic rings. The average Bonchev–Trinajstić information content (AvgIpc) is 2.60. The lowest BCUT2D eigenvalue weighted by Crippen LogP contribution is -2.37. The number of amides is 1. The first-order chi connectivity index (χ1) is 12.7. The Labute approximate surface area is 178 Å². The molecule has 3 N–H and O–H groups in total. The largest absolute Gasteiger partial charge is 0.493 e. The van der Waals surface area contributed by atoms with Crippen LogP contribution in [0, 0.1) is 5.92 Å². The minimum atomic E-state index is 0. The number of hydrogen-bond donors (Lipinski definition) is 3. The molecule has 2 rings (SSSR count). The normalized spacial score (nSPS) is 13.8. The maximum atomic E-state index is 11.8. The van der Waals surface area contributed by atoms with Crippen molar-refractivity contribution in [2.45, 2.75) is 32.6 Å². The van der Waals surface area contributed by atoms with Crippen molar-refractivity contribution < 1.29 is 14.3 Å². The summed E-state index contributed by atoms with van der Waals surface area (Å²) in [7, 11) is 3.34. The molecular formula is C19H31IN4O3. The maximum absolute atomic E-state index is 11.8. The molecule has 1 saturated carbocycles. The standard InChI is InChI=1S/C19H30N4O3.HI/c1-4-26-16-10-9-15(13-17(16)25-3)23-19(20-2)22-12-6-11-21-18(24)14-7-5-8-14;/h9-10,13-14H,4-8,11-12H2,1-3H3,(H,21,24)(H2,20,22,23);1H. The fraction of sp³-hybridized carbons (Fsp3) is 0.579. The van der Waals surface area contributed by atoms with E-state index in [1.165, 1.54) is 6.42 Å². The van der Waals surface area contributed by atoms with Crippen LogP contribution in [0.4, 0.5) is 5.69 Å². The van der Waals surface area contributed by atoms with E-state index in [-0.39, 0.29) is 35.8 Å². The number of anilines is 1. The number of methoxy groups -OCH3 is 1. The number of carbonyl (C=O) groups excluding carboxylic acids is 1. The van der Waals surface area contributed by atoms with Gasteiger partial charge in [0.15, 0.2) is 17.5 Å². The quantitative estimate of drug-likeness (QED) is 0.215. The Kier molecular flexibility index (Phi) is 10.9. The van der Waals surface area contributed by atoms with Gasteiger partial charge in [0, 0.05) is 37.8 Å². The monoisotopic (exact) mass is 490 g/mol. The molecule has 1 fully saturated rings. The van der Waals surface area contributed by atoms with Crippen molar-refractivity contribution >= 4 is 41.5 Å². The zero-order valence-corrected chi connectivity index (χ0v) is 18.7. The van der Waals surface area contributed by atoms with Crippen LogP contribution in [0.15, 0.2) is 23.2 Å². The van der Waals surface area contributed by atoms with Crippen molar-refractivity contribution in [3.63, 3.8) is 0 Å². The van der Waals surface area contributed by atoms with Crippen molar-refractivity contribution in [3.8, 4) is 11.5 Å². The number of nitrogens with one attached hydrogen (secondary N) is 3. The topological polar surface area (TPSA) is 84.0 Å². The van der Waals surface area contributed by atoms with E-state index in [0.29, 0.717) is 30.6 Å². The van der Waals surface area contributed by atoms with Crippen molar-refractivity contribution in [3.05, 3.63) is 18.2 Å². The summed E-state index contributed by atoms with van der Waals surface area (Å²) < 4.78 is 10.9. The van der Waals surface area contributed by atoms with Gasteiger partial charge in [-0.1, -0.05) is 6.42 Å². The molecular weight excluding hydrogens is 459 g/mol. The molecule has 0 spiro atoms. The first kappa shape index (κ1) is 23.3. The van der Waals surface area contributed by atoms with Gasteiger partial charge in [0.25, 0.3) is 0 Å². The van der Waals surface area contributed by atoms with Crippen molar-refractivity contribution in [1.82, 2.24) is 10.6 Å². The summed E-state index contributed by atoms with van der Waals surface area (Å²) in [5, 5.41) is 9.46. The fourth-order valence-corrected chi connectivity index (χ4v) is 2.66. The smallest absolute Gasteiger partial charge is 0.223 e. The Hall–Kier alpha value is -1.71. The highest BCUT2D eigenvalue weighted by Crippen LogP contribution is 2.30. The highest BCUT2D eigenvalue weighted by atomic mass is 127. The lowest BCUT2D eigenvalue weighted by molar-refractivity contribution is -0.127. The van der Waals surface area contributed by atoms with Gasteiger partial charge in [-0.2, -0.15) is 0 Å². The third kappa shape index (κ3) is 7.43. The van der Waals surface area contributed by atoms with Gasteiger partial charge in [0.2, 0.25) is 5.91 Å². The summed E-state index contributed by atoms with van der Waals surface area (Å²) in [6.45, 7) is 3.92. The Morgan fingerprint density at radius 2 is 1.96 bits per heavy atom. The third-order valence-electron chi connectivity index (χ3n) is 4.37. The number of hydrogen-bond acceptors (Lipinski definition) is 4. The lowest BCUT2D eigenvalue weighted by atomic mass is 9.85. The molecule has 0 saturated heterocycles. The number of ether oxygens (including phenoxy) is 2. The first-order valence-corrected chi connectivity index (χ1v) is 9.24. The van der Waals surface area contributed by atoms with Crippen LogP contribution >= 0.6 is 24.0 Å². The van der Waals surface area contributed by atoms with Gasteiger partial charge in [0.1, 0.15) is 0 Å². The average molecular weight is 490 g/mol. The second-order valence-electron chi connectivity index (χ2n) is 6.20. The molecule has 0 unspecified atom stereocenters. The molecule has 0 bridgehead atoms. The number of benzene rings is 1. The van der Waals surface area contributed by atoms with Crippen LogP contribution in [0.5, 0.6) is 11.5 Å². The number of guanidine groups is 1. The van der Waals surface area contributed by atoms with Crippen LogP contribution in [0.25, 0.3) is 0 Å². The van der Waals surface area contributed by atoms with E-state index in [1.807, 2.05) is 25.1 Å². The van der Waals surface area contributed by atoms with Crippen LogP contribution in [0.2, 0.25) is 0 Å². The molecule has 0 aromatic heterocycles. The van der Waals surface area contributed by atoms with Gasteiger partial charge in [-0.15, -0.1) is 24.0 Å². The number of nitrogens with zero attached hydrogens (tertiary/aromatic N) is 1. The molecule has 27 heavy (non-hydrogen) atoms. The molecule has 1 aromatic carbocycles. The predicted molar refractivity (Wildman–Crippen MR) is 120 cm³/mol. The number of aliphatic imine (C=N–C) groups is 1. The Balaban J connectivity index is 0.00000364. The SMILES string of the molecule is CCOc1ccc(NC(=NC)NCCCNC(=O)C2CCC2)cc1OC.I. The molecule has 152 valence electrons. The summed E-state index contributed by atoms with van der Waals surface area (Å²) in [5.74, 6) is 2.49. The maximum Gasteiger partial charge on any atom is 0.223 e. The summed E-state index contributed by atoms with van der Waals surface area (Å²) in [5.41, 5.74) is 0.858. The highest BCUT2D eigenvalue weighted by Gasteiger charge is 2.24. The van der Waals surface area contributed by atoms with Gasteiger partial charge >= 0.3 is 0 Å². The van der Waals surface area contributed by atoms with Crippen molar-refractivity contribution in [2.75, 3.05) is 39.2 Å². The number of halogens is 1. The van der Waals surface area contributed by atoms with E-state index in [9.17, 15) is 4.79 Å². The van der Waals surface area contributed by atoms with E-state index in [1.54, 1.807) is 14.2 Å². The van der Waals surface area contributed by atoms with Crippen molar-refractivity contribution in [2.24, 2.45) is 10.9 Å². The lowest BCUT2D eigenvalue weighted by Gasteiger charge is -2.24. The van der Waals surface area contributed by atoms with Crippen LogP contribution in [-0.4, -0.2) is 45.7 Å². The van der Waals surface area contributed by atoms with Crippen LogP contribution in [0.1, 0.15) is 32.6 Å². The van der Waals surface area contributed by atoms with Crippen LogP contribution in [-0.2, 0) is 4.79 Å². The number of rotatable bonds is 9. The third-order valence-corrected chi connectivity index (χ3v) is 4.37. The Morgan fingerprint density at radius 3 is 2.56 bits per heavy atom. The fourth-order valence-electron chi connectivity index (χ4n) is 2.66. The minimum absolute atomic E-state index is 0. The van der Waals surface area contributed by atoms with Crippen LogP contribution < -0.4 is 25.4 Å². The second-order valence-corrected chi connectivity index (χ2v) is 6.20. The van der Waals surface area contributed by atoms with Gasteiger partial charge in [-0.3, -0.25) is 9.79 Å². The van der Waals surface area contributed by atoms with E-state index in [4.69, 9.17) is 9.47 Å². The van der Waals surface area contributed by atoms with Gasteiger partial charge < -0.3 is 25.4 Å².